The average molecular weight is 455 g/mol. The van der Waals surface area contributed by atoms with Crippen LogP contribution in [0.15, 0.2) is 33.6 Å². The molecule has 0 spiro atoms. The maximum atomic E-state index is 12.0. The molecule has 1 atom stereocenters. The summed E-state index contributed by atoms with van der Waals surface area (Å²) in [5, 5.41) is 0.308. The lowest BCUT2D eigenvalue weighted by molar-refractivity contribution is 0.0532. The van der Waals surface area contributed by atoms with Gasteiger partial charge in [0.15, 0.2) is 0 Å². The van der Waals surface area contributed by atoms with Gasteiger partial charge in [0, 0.05) is 19.5 Å². The van der Waals surface area contributed by atoms with E-state index in [1.54, 1.807) is 11.3 Å². The summed E-state index contributed by atoms with van der Waals surface area (Å²) in [6.45, 7) is 13.3. The number of hydrogen-bond acceptors (Lipinski definition) is 4. The third-order valence-electron chi connectivity index (χ3n) is 3.91. The number of esters is 1. The number of aryl methyl sites for hydroxylation is 2. The van der Waals surface area contributed by atoms with Gasteiger partial charge in [0.05, 0.1) is 6.61 Å². The SMILES string of the molecule is CCOC(=O)c1ccc(C(CC(C)(C)C)Sc2cc(C)c(Br)c(C)c2)s1. The van der Waals surface area contributed by atoms with Gasteiger partial charge < -0.3 is 4.74 Å². The van der Waals surface area contributed by atoms with E-state index in [1.807, 2.05) is 24.8 Å². The molecule has 0 bridgehead atoms. The standard InChI is InChI=1S/C21H27BrO2S2/c1-7-24-20(23)17-9-8-16(26-17)18(12-21(4,5)6)25-15-10-13(2)19(22)14(3)11-15/h8-11,18H,7,12H2,1-6H3. The van der Waals surface area contributed by atoms with Gasteiger partial charge in [-0.25, -0.2) is 4.79 Å². The van der Waals surface area contributed by atoms with Crippen LogP contribution >= 0.6 is 39.0 Å². The zero-order chi connectivity index (χ0) is 19.5. The summed E-state index contributed by atoms with van der Waals surface area (Å²) in [7, 11) is 0. The molecule has 1 heterocycles. The molecule has 0 N–H and O–H groups in total. The number of carbonyl (C=O) groups excluding carboxylic acids is 1. The van der Waals surface area contributed by atoms with Gasteiger partial charge in [-0.1, -0.05) is 36.7 Å². The molecule has 1 unspecified atom stereocenters. The minimum atomic E-state index is -0.224. The van der Waals surface area contributed by atoms with Gasteiger partial charge in [0.1, 0.15) is 4.88 Å². The van der Waals surface area contributed by atoms with Crippen LogP contribution in [0.25, 0.3) is 0 Å². The van der Waals surface area contributed by atoms with Gasteiger partial charge in [-0.2, -0.15) is 0 Å². The fourth-order valence-corrected chi connectivity index (χ4v) is 5.73. The second kappa shape index (κ2) is 8.94. The van der Waals surface area contributed by atoms with Gasteiger partial charge in [0.2, 0.25) is 0 Å². The molecule has 142 valence electrons. The van der Waals surface area contributed by atoms with Gasteiger partial charge in [-0.3, -0.25) is 0 Å². The fourth-order valence-electron chi connectivity index (χ4n) is 2.73. The summed E-state index contributed by atoms with van der Waals surface area (Å²) >= 11 is 7.09. The minimum Gasteiger partial charge on any atom is -0.462 e. The summed E-state index contributed by atoms with van der Waals surface area (Å²) in [4.78, 5) is 15.2. The molecule has 26 heavy (non-hydrogen) atoms. The smallest absolute Gasteiger partial charge is 0.348 e. The molecule has 0 amide bonds. The molecule has 0 aliphatic carbocycles. The molecule has 2 nitrogen and oxygen atoms in total. The zero-order valence-electron chi connectivity index (χ0n) is 16.3. The highest BCUT2D eigenvalue weighted by Gasteiger charge is 2.24. The van der Waals surface area contributed by atoms with Crippen molar-refractivity contribution in [3.8, 4) is 0 Å². The Morgan fingerprint density at radius 3 is 2.38 bits per heavy atom. The molecule has 0 radical (unpaired) electrons. The first-order chi connectivity index (χ1) is 12.1. The topological polar surface area (TPSA) is 26.3 Å². The predicted octanol–water partition coefficient (Wildman–Crippen LogP) is 7.57. The van der Waals surface area contributed by atoms with Crippen LogP contribution < -0.4 is 0 Å². The molecular weight excluding hydrogens is 428 g/mol. The van der Waals surface area contributed by atoms with Crippen LogP contribution in [0.3, 0.4) is 0 Å². The normalized spacial score (nSPS) is 12.9. The quantitative estimate of drug-likeness (QED) is 0.332. The molecular formula is C21H27BrO2S2. The van der Waals surface area contributed by atoms with E-state index in [-0.39, 0.29) is 11.4 Å². The van der Waals surface area contributed by atoms with Crippen LogP contribution in [-0.2, 0) is 4.74 Å². The van der Waals surface area contributed by atoms with Gasteiger partial charge in [0.25, 0.3) is 0 Å². The molecule has 1 aromatic heterocycles. The molecule has 0 aliphatic rings. The molecule has 1 aromatic carbocycles. The van der Waals surface area contributed by atoms with E-state index in [0.717, 1.165) is 6.42 Å². The van der Waals surface area contributed by atoms with E-state index in [2.05, 4.69) is 68.7 Å². The van der Waals surface area contributed by atoms with E-state index in [0.29, 0.717) is 16.7 Å². The van der Waals surface area contributed by atoms with Gasteiger partial charge >= 0.3 is 5.97 Å². The Labute approximate surface area is 173 Å². The summed E-state index contributed by atoms with van der Waals surface area (Å²) in [6, 6.07) is 8.44. The van der Waals surface area contributed by atoms with Crippen molar-refractivity contribution >= 4 is 45.0 Å². The summed E-state index contributed by atoms with van der Waals surface area (Å²) in [5.41, 5.74) is 2.70. The van der Waals surface area contributed by atoms with E-state index >= 15 is 0 Å². The van der Waals surface area contributed by atoms with Crippen molar-refractivity contribution < 1.29 is 9.53 Å². The molecule has 0 saturated carbocycles. The van der Waals surface area contributed by atoms with Crippen LogP contribution in [0, 0.1) is 19.3 Å². The molecule has 5 heteroatoms. The first-order valence-corrected chi connectivity index (χ1v) is 11.3. The largest absolute Gasteiger partial charge is 0.462 e. The van der Waals surface area contributed by atoms with Crippen LogP contribution in [0.2, 0.25) is 0 Å². The minimum absolute atomic E-state index is 0.200. The predicted molar refractivity (Wildman–Crippen MR) is 117 cm³/mol. The number of rotatable bonds is 6. The van der Waals surface area contributed by atoms with Crippen molar-refractivity contribution in [3.05, 3.63) is 49.6 Å². The van der Waals surface area contributed by atoms with E-state index in [4.69, 9.17) is 4.74 Å². The highest BCUT2D eigenvalue weighted by molar-refractivity contribution is 9.10. The zero-order valence-corrected chi connectivity index (χ0v) is 19.5. The third-order valence-corrected chi connectivity index (χ3v) is 7.70. The van der Waals surface area contributed by atoms with E-state index < -0.39 is 0 Å². The Morgan fingerprint density at radius 2 is 1.85 bits per heavy atom. The third kappa shape index (κ3) is 5.86. The van der Waals surface area contributed by atoms with E-state index in [1.165, 1.54) is 25.4 Å². The summed E-state index contributed by atoms with van der Waals surface area (Å²) < 4.78 is 6.32. The number of ether oxygens (including phenoxy) is 1. The molecule has 0 aliphatic heterocycles. The van der Waals surface area contributed by atoms with Crippen molar-refractivity contribution in [3.63, 3.8) is 0 Å². The maximum Gasteiger partial charge on any atom is 0.348 e. The lowest BCUT2D eigenvalue weighted by Gasteiger charge is -2.25. The highest BCUT2D eigenvalue weighted by Crippen LogP contribution is 2.46. The Morgan fingerprint density at radius 1 is 1.23 bits per heavy atom. The van der Waals surface area contributed by atoms with Crippen molar-refractivity contribution in [2.24, 2.45) is 5.41 Å². The van der Waals surface area contributed by atoms with Crippen molar-refractivity contribution in [1.82, 2.24) is 0 Å². The van der Waals surface area contributed by atoms with Crippen molar-refractivity contribution in [1.29, 1.82) is 0 Å². The van der Waals surface area contributed by atoms with Crippen LogP contribution in [0.1, 0.15) is 65.0 Å². The Kier molecular flexibility index (Phi) is 7.40. The maximum absolute atomic E-state index is 12.0. The van der Waals surface area contributed by atoms with Crippen molar-refractivity contribution in [2.75, 3.05) is 6.61 Å². The number of hydrogen-bond donors (Lipinski definition) is 0. The molecule has 0 fully saturated rings. The summed E-state index contributed by atoms with van der Waals surface area (Å²) in [6.07, 6.45) is 1.04. The number of thiophene rings is 1. The number of thioether (sulfide) groups is 1. The Balaban J connectivity index is 2.31. The summed E-state index contributed by atoms with van der Waals surface area (Å²) in [5.74, 6) is -0.224. The van der Waals surface area contributed by atoms with Crippen LogP contribution in [-0.4, -0.2) is 12.6 Å². The first kappa shape index (κ1) is 21.5. The van der Waals surface area contributed by atoms with E-state index in [9.17, 15) is 4.79 Å². The number of benzene rings is 1. The number of halogens is 1. The fraction of sp³-hybridized carbons (Fsp3) is 0.476. The second-order valence-electron chi connectivity index (χ2n) is 7.66. The average Bonchev–Trinajstić information content (AvgIpc) is 3.01. The Bertz CT molecular complexity index is 752. The highest BCUT2D eigenvalue weighted by atomic mass is 79.9. The molecule has 0 saturated heterocycles. The van der Waals surface area contributed by atoms with Crippen molar-refractivity contribution in [2.45, 2.75) is 58.1 Å². The van der Waals surface area contributed by atoms with Crippen LogP contribution in [0.5, 0.6) is 0 Å². The van der Waals surface area contributed by atoms with Gasteiger partial charge in [-0.05, 0) is 68.0 Å². The molecule has 2 aromatic rings. The monoisotopic (exact) mass is 454 g/mol. The second-order valence-corrected chi connectivity index (χ2v) is 10.8. The molecule has 2 rings (SSSR count). The first-order valence-electron chi connectivity index (χ1n) is 8.81. The van der Waals surface area contributed by atoms with Gasteiger partial charge in [-0.15, -0.1) is 23.1 Å². The lowest BCUT2D eigenvalue weighted by Crippen LogP contribution is -2.09. The van der Waals surface area contributed by atoms with Crippen LogP contribution in [0.4, 0.5) is 0 Å². The lowest BCUT2D eigenvalue weighted by atomic mass is 9.90. The number of carbonyl (C=O) groups is 1. The Hall–Kier alpha value is -0.780.